The van der Waals surface area contributed by atoms with Gasteiger partial charge in [0.15, 0.2) is 0 Å². The van der Waals surface area contributed by atoms with E-state index in [1.807, 2.05) is 20.8 Å². The van der Waals surface area contributed by atoms with Gasteiger partial charge in [-0.3, -0.25) is 0 Å². The largest absolute Gasteiger partial charge is 0.444 e. The summed E-state index contributed by atoms with van der Waals surface area (Å²) in [5.74, 6) is 0.904. The van der Waals surface area contributed by atoms with Crippen LogP contribution >= 0.6 is 0 Å². The molecule has 106 valence electrons. The number of amides is 1. The lowest BCUT2D eigenvalue weighted by Crippen LogP contribution is -2.33. The maximum Gasteiger partial charge on any atom is 0.407 e. The highest BCUT2D eigenvalue weighted by molar-refractivity contribution is 5.67. The van der Waals surface area contributed by atoms with Gasteiger partial charge in [0.1, 0.15) is 11.4 Å². The summed E-state index contributed by atoms with van der Waals surface area (Å²) in [5.41, 5.74) is 4.98. The Morgan fingerprint density at radius 3 is 2.79 bits per heavy atom. The number of aromatic nitrogens is 2. The molecular weight excluding hydrogens is 246 g/mol. The molecule has 0 saturated heterocycles. The smallest absolute Gasteiger partial charge is 0.407 e. The Balaban J connectivity index is 2.13. The number of nitrogens with two attached hydrogens (primary N) is 1. The predicted molar refractivity (Wildman–Crippen MR) is 73.8 cm³/mol. The van der Waals surface area contributed by atoms with E-state index >= 15 is 0 Å². The van der Waals surface area contributed by atoms with Crippen molar-refractivity contribution in [3.05, 3.63) is 12.3 Å². The number of nitrogens with one attached hydrogen (secondary N) is 2. The molecule has 0 aliphatic carbocycles. The highest BCUT2D eigenvalue weighted by Gasteiger charge is 2.15. The fourth-order valence-electron chi connectivity index (χ4n) is 1.28. The number of carbonyl (C=O) groups excluding carboxylic acids is 1. The molecule has 1 amide bonds. The van der Waals surface area contributed by atoms with E-state index in [4.69, 9.17) is 10.5 Å². The lowest BCUT2D eigenvalue weighted by molar-refractivity contribution is 0.0528. The summed E-state index contributed by atoms with van der Waals surface area (Å²) < 4.78 is 5.11. The van der Waals surface area contributed by atoms with Crippen LogP contribution < -0.4 is 16.4 Å². The third kappa shape index (κ3) is 7.07. The minimum absolute atomic E-state index is 0.233. The van der Waals surface area contributed by atoms with Crippen LogP contribution in [0.3, 0.4) is 0 Å². The van der Waals surface area contributed by atoms with Gasteiger partial charge in [-0.05, 0) is 33.3 Å². The second kappa shape index (κ2) is 6.77. The molecule has 0 bridgehead atoms. The standard InChI is InChI=1S/C12H21N5O2/c1-12(2,3)19-11(18)16-7-4-6-14-9-5-8-15-10(13)17-9/h5,8H,4,6-7H2,1-3H3,(H,16,18)(H3,13,14,15,17). The van der Waals surface area contributed by atoms with Gasteiger partial charge in [-0.2, -0.15) is 4.98 Å². The number of ether oxygens (including phenoxy) is 1. The Bertz CT molecular complexity index is 417. The highest BCUT2D eigenvalue weighted by atomic mass is 16.6. The molecule has 4 N–H and O–H groups in total. The van der Waals surface area contributed by atoms with E-state index in [9.17, 15) is 4.79 Å². The molecular formula is C12H21N5O2. The molecule has 0 aliphatic rings. The first-order valence-corrected chi connectivity index (χ1v) is 6.16. The number of hydrogen-bond donors (Lipinski definition) is 3. The zero-order valence-electron chi connectivity index (χ0n) is 11.6. The van der Waals surface area contributed by atoms with Gasteiger partial charge in [-0.1, -0.05) is 0 Å². The molecule has 1 heterocycles. The summed E-state index contributed by atoms with van der Waals surface area (Å²) in [4.78, 5) is 19.1. The van der Waals surface area contributed by atoms with Crippen molar-refractivity contribution in [2.45, 2.75) is 32.8 Å². The van der Waals surface area contributed by atoms with Gasteiger partial charge in [0.05, 0.1) is 0 Å². The summed E-state index contributed by atoms with van der Waals surface area (Å²) >= 11 is 0. The highest BCUT2D eigenvalue weighted by Crippen LogP contribution is 2.06. The predicted octanol–water partition coefficient (Wildman–Crippen LogP) is 1.39. The molecule has 0 fully saturated rings. The zero-order valence-corrected chi connectivity index (χ0v) is 11.6. The Hall–Kier alpha value is -2.05. The molecule has 1 aromatic rings. The van der Waals surface area contributed by atoms with Crippen LogP contribution in [0, 0.1) is 0 Å². The third-order valence-electron chi connectivity index (χ3n) is 2.00. The van der Waals surface area contributed by atoms with E-state index < -0.39 is 11.7 Å². The van der Waals surface area contributed by atoms with E-state index in [1.54, 1.807) is 12.3 Å². The number of carbonyl (C=O) groups is 1. The first-order chi connectivity index (χ1) is 8.87. The second-order valence-corrected chi connectivity index (χ2v) is 5.01. The molecule has 7 heteroatoms. The van der Waals surface area contributed by atoms with E-state index in [1.165, 1.54) is 0 Å². The van der Waals surface area contributed by atoms with Gasteiger partial charge in [0.25, 0.3) is 0 Å². The fraction of sp³-hybridized carbons (Fsp3) is 0.583. The van der Waals surface area contributed by atoms with Crippen molar-refractivity contribution in [3.63, 3.8) is 0 Å². The summed E-state index contributed by atoms with van der Waals surface area (Å²) in [6.07, 6.45) is 1.94. The van der Waals surface area contributed by atoms with Crippen LogP contribution in [0.15, 0.2) is 12.3 Å². The van der Waals surface area contributed by atoms with Crippen LogP contribution in [0.25, 0.3) is 0 Å². The molecule has 0 aliphatic heterocycles. The first-order valence-electron chi connectivity index (χ1n) is 6.16. The number of rotatable bonds is 5. The number of alkyl carbamates (subject to hydrolysis) is 1. The number of hydrogen-bond acceptors (Lipinski definition) is 6. The van der Waals surface area contributed by atoms with Crippen LogP contribution in [-0.4, -0.2) is 34.8 Å². The van der Waals surface area contributed by atoms with Gasteiger partial charge in [-0.25, -0.2) is 9.78 Å². The summed E-state index contributed by atoms with van der Waals surface area (Å²) in [5, 5.41) is 5.76. The maximum absolute atomic E-state index is 11.3. The molecule has 7 nitrogen and oxygen atoms in total. The Morgan fingerprint density at radius 1 is 1.42 bits per heavy atom. The van der Waals surface area contributed by atoms with E-state index in [0.717, 1.165) is 6.42 Å². The van der Waals surface area contributed by atoms with Crippen molar-refractivity contribution in [2.75, 3.05) is 24.1 Å². The van der Waals surface area contributed by atoms with Crippen LogP contribution in [0.1, 0.15) is 27.2 Å². The summed E-state index contributed by atoms with van der Waals surface area (Å²) in [7, 11) is 0. The molecule has 19 heavy (non-hydrogen) atoms. The monoisotopic (exact) mass is 267 g/mol. The van der Waals surface area contributed by atoms with Gasteiger partial charge in [0.2, 0.25) is 5.95 Å². The van der Waals surface area contributed by atoms with Crippen LogP contribution in [0.2, 0.25) is 0 Å². The minimum atomic E-state index is -0.471. The van der Waals surface area contributed by atoms with Crippen LogP contribution in [-0.2, 0) is 4.74 Å². The molecule has 1 rings (SSSR count). The second-order valence-electron chi connectivity index (χ2n) is 5.01. The third-order valence-corrected chi connectivity index (χ3v) is 2.00. The van der Waals surface area contributed by atoms with E-state index in [0.29, 0.717) is 18.9 Å². The SMILES string of the molecule is CC(C)(C)OC(=O)NCCCNc1ccnc(N)n1. The van der Waals surface area contributed by atoms with Crippen molar-refractivity contribution in [2.24, 2.45) is 0 Å². The summed E-state index contributed by atoms with van der Waals surface area (Å²) in [6.45, 7) is 6.68. The fourth-order valence-corrected chi connectivity index (χ4v) is 1.28. The molecule has 0 atom stereocenters. The Morgan fingerprint density at radius 2 is 2.16 bits per heavy atom. The van der Waals surface area contributed by atoms with Gasteiger partial charge in [0, 0.05) is 19.3 Å². The van der Waals surface area contributed by atoms with Crippen LogP contribution in [0.5, 0.6) is 0 Å². The summed E-state index contributed by atoms with van der Waals surface area (Å²) in [6, 6.07) is 1.73. The van der Waals surface area contributed by atoms with Gasteiger partial charge < -0.3 is 21.1 Å². The van der Waals surface area contributed by atoms with Gasteiger partial charge in [-0.15, -0.1) is 0 Å². The van der Waals surface area contributed by atoms with Crippen molar-refractivity contribution in [1.29, 1.82) is 0 Å². The first kappa shape index (κ1) is 15.0. The minimum Gasteiger partial charge on any atom is -0.444 e. The molecule has 1 aromatic heterocycles. The molecule has 0 saturated carbocycles. The van der Waals surface area contributed by atoms with Crippen molar-refractivity contribution in [3.8, 4) is 0 Å². The van der Waals surface area contributed by atoms with Crippen molar-refractivity contribution < 1.29 is 9.53 Å². The molecule has 0 aromatic carbocycles. The molecule has 0 radical (unpaired) electrons. The number of anilines is 2. The van der Waals surface area contributed by atoms with E-state index in [2.05, 4.69) is 20.6 Å². The topological polar surface area (TPSA) is 102 Å². The Kier molecular flexibility index (Phi) is 5.35. The van der Waals surface area contributed by atoms with Crippen LogP contribution in [0.4, 0.5) is 16.6 Å². The molecule has 0 unspecified atom stereocenters. The normalized spacial score (nSPS) is 10.9. The van der Waals surface area contributed by atoms with E-state index in [-0.39, 0.29) is 5.95 Å². The quantitative estimate of drug-likeness (QED) is 0.697. The number of nitrogen functional groups attached to an aromatic ring is 1. The zero-order chi connectivity index (χ0) is 14.3. The van der Waals surface area contributed by atoms with Gasteiger partial charge >= 0.3 is 6.09 Å². The average molecular weight is 267 g/mol. The average Bonchev–Trinajstić information content (AvgIpc) is 2.26. The van der Waals surface area contributed by atoms with Crippen molar-refractivity contribution >= 4 is 17.9 Å². The lowest BCUT2D eigenvalue weighted by Gasteiger charge is -2.19. The Labute approximate surface area is 113 Å². The number of nitrogens with zero attached hydrogens (tertiary/aromatic N) is 2. The van der Waals surface area contributed by atoms with Crippen molar-refractivity contribution in [1.82, 2.24) is 15.3 Å². The maximum atomic E-state index is 11.3. The lowest BCUT2D eigenvalue weighted by atomic mass is 10.2. The molecule has 0 spiro atoms.